The molecule has 2 aromatic carbocycles. The molecular weight excluding hydrogens is 492 g/mol. The molecule has 2 aromatic rings. The van der Waals surface area contributed by atoms with Crippen LogP contribution in [0.3, 0.4) is 0 Å². The van der Waals surface area contributed by atoms with Gasteiger partial charge in [0.15, 0.2) is 0 Å². The fraction of sp³-hybridized carbons (Fsp3) is 0.440. The molecule has 0 spiro atoms. The second-order valence-corrected chi connectivity index (χ2v) is 9.68. The fourth-order valence-corrected chi connectivity index (χ4v) is 5.42. The molecule has 2 bridgehead atoms. The molecule has 7 heteroatoms. The summed E-state index contributed by atoms with van der Waals surface area (Å²) < 4.78 is 5.80. The molecule has 2 heterocycles. The quantitative estimate of drug-likeness (QED) is 0.412. The molecule has 0 aromatic heterocycles. The minimum Gasteiger partial charge on any atom is -0.465 e. The van der Waals surface area contributed by atoms with Crippen LogP contribution in [-0.4, -0.2) is 47.8 Å². The second-order valence-electron chi connectivity index (χ2n) is 8.68. The van der Waals surface area contributed by atoms with Gasteiger partial charge in [-0.05, 0) is 61.7 Å². The lowest BCUT2D eigenvalue weighted by Gasteiger charge is -2.42. The van der Waals surface area contributed by atoms with Gasteiger partial charge in [-0.25, -0.2) is 0 Å². The molecule has 32 heavy (non-hydrogen) atoms. The van der Waals surface area contributed by atoms with Crippen LogP contribution >= 0.6 is 27.5 Å². The van der Waals surface area contributed by atoms with Crippen molar-refractivity contribution in [3.05, 3.63) is 64.7 Å². The minimum absolute atomic E-state index is 0.0893. The zero-order chi connectivity index (χ0) is 22.7. The molecule has 2 aliphatic rings. The van der Waals surface area contributed by atoms with Gasteiger partial charge in [-0.2, -0.15) is 0 Å². The van der Waals surface area contributed by atoms with E-state index in [1.165, 1.54) is 5.56 Å². The number of esters is 1. The molecule has 1 N–H and O–H groups in total. The summed E-state index contributed by atoms with van der Waals surface area (Å²) in [5, 5.41) is 3.77. The van der Waals surface area contributed by atoms with E-state index >= 15 is 0 Å². The number of rotatable bonds is 7. The molecule has 4 rings (SSSR count). The highest BCUT2D eigenvalue weighted by Gasteiger charge is 2.49. The largest absolute Gasteiger partial charge is 0.465 e. The molecule has 5 nitrogen and oxygen atoms in total. The average molecular weight is 520 g/mol. The van der Waals surface area contributed by atoms with Crippen LogP contribution in [0.25, 0.3) is 0 Å². The number of hydrogen-bond donors (Lipinski definition) is 1. The summed E-state index contributed by atoms with van der Waals surface area (Å²) in [5.41, 5.74) is 2.98. The number of fused-ring (bicyclic) bond motifs is 2. The molecule has 2 aliphatic heterocycles. The fourth-order valence-electron chi connectivity index (χ4n) is 5.16. The molecule has 0 unspecified atom stereocenters. The van der Waals surface area contributed by atoms with E-state index in [4.69, 9.17) is 16.3 Å². The Morgan fingerprint density at radius 3 is 2.53 bits per heavy atom. The van der Waals surface area contributed by atoms with E-state index < -0.39 is 0 Å². The Labute approximate surface area is 202 Å². The van der Waals surface area contributed by atoms with Gasteiger partial charge >= 0.3 is 5.97 Å². The summed E-state index contributed by atoms with van der Waals surface area (Å²) in [6, 6.07) is 16.3. The summed E-state index contributed by atoms with van der Waals surface area (Å²) >= 11 is 9.22. The third kappa shape index (κ3) is 5.19. The number of anilines is 1. The van der Waals surface area contributed by atoms with Crippen LogP contribution in [0.5, 0.6) is 0 Å². The van der Waals surface area contributed by atoms with E-state index in [0.717, 1.165) is 30.5 Å². The first-order valence-electron chi connectivity index (χ1n) is 11.0. The maximum atomic E-state index is 13.3. The first-order valence-corrected chi connectivity index (χ1v) is 12.5. The van der Waals surface area contributed by atoms with Crippen LogP contribution in [0, 0.1) is 5.92 Å². The standard InChI is InChI=1S/C25H28BrClN2O3/c1-29-20-10-11-22(29)24(21(14-20)17-4-6-18(27)7-5-17)25(31)32-13-12-16-2-8-19(9-3-16)28-23(30)15-26/h2-9,20-22,24H,10-15H2,1H3,(H,28,30)/t20-,21+,22+,24-/m0/s1. The number of piperidine rings is 1. The van der Waals surface area contributed by atoms with Crippen LogP contribution in [0.4, 0.5) is 5.69 Å². The molecule has 2 saturated heterocycles. The minimum atomic E-state index is -0.165. The molecule has 0 saturated carbocycles. The highest BCUT2D eigenvalue weighted by molar-refractivity contribution is 9.09. The lowest BCUT2D eigenvalue weighted by Crippen LogP contribution is -2.49. The van der Waals surface area contributed by atoms with Crippen molar-refractivity contribution in [2.75, 3.05) is 24.3 Å². The molecule has 170 valence electrons. The zero-order valence-electron chi connectivity index (χ0n) is 18.1. The molecule has 0 aliphatic carbocycles. The van der Waals surface area contributed by atoms with E-state index in [1.54, 1.807) is 0 Å². The number of carbonyl (C=O) groups excluding carboxylic acids is 2. The molecule has 4 atom stereocenters. The molecule has 2 fully saturated rings. The SMILES string of the molecule is CN1[C@H]2CC[C@@H]1[C@@H](C(=O)OCCc1ccc(NC(=O)CBr)cc1)[C@@H](c1ccc(Cl)cc1)C2. The van der Waals surface area contributed by atoms with E-state index in [-0.39, 0.29) is 35.1 Å². The Morgan fingerprint density at radius 1 is 1.12 bits per heavy atom. The van der Waals surface area contributed by atoms with Crippen LogP contribution in [0.2, 0.25) is 5.02 Å². The van der Waals surface area contributed by atoms with Crippen molar-refractivity contribution in [1.29, 1.82) is 0 Å². The van der Waals surface area contributed by atoms with Crippen LogP contribution in [-0.2, 0) is 20.7 Å². The monoisotopic (exact) mass is 518 g/mol. The number of hydrogen-bond acceptors (Lipinski definition) is 4. The highest BCUT2D eigenvalue weighted by Crippen LogP contribution is 2.46. The number of ether oxygens (including phenoxy) is 1. The molecular formula is C25H28BrClN2O3. The van der Waals surface area contributed by atoms with Gasteiger partial charge in [0.1, 0.15) is 0 Å². The van der Waals surface area contributed by atoms with Crippen molar-refractivity contribution >= 4 is 45.1 Å². The Balaban J connectivity index is 1.39. The van der Waals surface area contributed by atoms with Crippen LogP contribution in [0.15, 0.2) is 48.5 Å². The van der Waals surface area contributed by atoms with Crippen molar-refractivity contribution in [3.63, 3.8) is 0 Å². The number of nitrogens with one attached hydrogen (secondary N) is 1. The number of alkyl halides is 1. The Bertz CT molecular complexity index is 951. The van der Waals surface area contributed by atoms with Gasteiger partial charge in [-0.3, -0.25) is 14.5 Å². The van der Waals surface area contributed by atoms with Crippen molar-refractivity contribution < 1.29 is 14.3 Å². The summed E-state index contributed by atoms with van der Waals surface area (Å²) in [7, 11) is 2.14. The van der Waals surface area contributed by atoms with E-state index in [9.17, 15) is 9.59 Å². The van der Waals surface area contributed by atoms with Gasteiger partial charge in [0, 0.05) is 35.1 Å². The average Bonchev–Trinajstić information content (AvgIpc) is 3.02. The number of halogens is 2. The third-order valence-electron chi connectivity index (χ3n) is 6.83. The predicted octanol–water partition coefficient (Wildman–Crippen LogP) is 5.03. The van der Waals surface area contributed by atoms with E-state index in [2.05, 4.69) is 33.2 Å². The number of nitrogens with zero attached hydrogens (tertiary/aromatic N) is 1. The van der Waals surface area contributed by atoms with Crippen molar-refractivity contribution in [2.45, 2.75) is 43.7 Å². The van der Waals surface area contributed by atoms with Crippen molar-refractivity contribution in [1.82, 2.24) is 4.90 Å². The number of carbonyl (C=O) groups is 2. The van der Waals surface area contributed by atoms with Gasteiger partial charge < -0.3 is 10.1 Å². The first-order chi connectivity index (χ1) is 15.5. The van der Waals surface area contributed by atoms with Gasteiger partial charge in [0.2, 0.25) is 5.91 Å². The maximum absolute atomic E-state index is 13.3. The molecule has 0 radical (unpaired) electrons. The summed E-state index contributed by atoms with van der Waals surface area (Å²) in [6.45, 7) is 0.343. The van der Waals surface area contributed by atoms with Crippen molar-refractivity contribution in [2.24, 2.45) is 5.92 Å². The highest BCUT2D eigenvalue weighted by atomic mass is 79.9. The Morgan fingerprint density at radius 2 is 1.84 bits per heavy atom. The lowest BCUT2D eigenvalue weighted by atomic mass is 9.76. The number of amides is 1. The normalized spacial score (nSPS) is 24.8. The van der Waals surface area contributed by atoms with Gasteiger partial charge in [0.05, 0.1) is 17.9 Å². The van der Waals surface area contributed by atoms with E-state index in [0.29, 0.717) is 24.1 Å². The smallest absolute Gasteiger partial charge is 0.311 e. The topological polar surface area (TPSA) is 58.6 Å². The van der Waals surface area contributed by atoms with Crippen LogP contribution in [0.1, 0.15) is 36.3 Å². The van der Waals surface area contributed by atoms with Gasteiger partial charge in [-0.1, -0.05) is 51.8 Å². The predicted molar refractivity (Wildman–Crippen MR) is 130 cm³/mol. The van der Waals surface area contributed by atoms with E-state index in [1.807, 2.05) is 48.5 Å². The lowest BCUT2D eigenvalue weighted by molar-refractivity contribution is -0.153. The van der Waals surface area contributed by atoms with Crippen molar-refractivity contribution in [3.8, 4) is 0 Å². The third-order valence-corrected chi connectivity index (χ3v) is 7.59. The zero-order valence-corrected chi connectivity index (χ0v) is 20.4. The summed E-state index contributed by atoms with van der Waals surface area (Å²) in [5.74, 6) is -0.204. The maximum Gasteiger partial charge on any atom is 0.311 e. The Hall–Kier alpha value is -1.89. The summed E-state index contributed by atoms with van der Waals surface area (Å²) in [6.07, 6.45) is 3.77. The molecule has 1 amide bonds. The van der Waals surface area contributed by atoms with Gasteiger partial charge in [-0.15, -0.1) is 0 Å². The van der Waals surface area contributed by atoms with Crippen LogP contribution < -0.4 is 5.32 Å². The number of benzene rings is 2. The Kier molecular flexibility index (Phi) is 7.54. The second kappa shape index (κ2) is 10.4. The van der Waals surface area contributed by atoms with Gasteiger partial charge in [0.25, 0.3) is 0 Å². The first kappa shape index (κ1) is 23.3. The summed E-state index contributed by atoms with van der Waals surface area (Å²) in [4.78, 5) is 27.1.